The van der Waals surface area contributed by atoms with Crippen molar-refractivity contribution in [2.75, 3.05) is 6.54 Å². The van der Waals surface area contributed by atoms with Crippen LogP contribution >= 0.6 is 0 Å². The van der Waals surface area contributed by atoms with Crippen molar-refractivity contribution in [3.05, 3.63) is 35.5 Å². The van der Waals surface area contributed by atoms with E-state index in [0.29, 0.717) is 16.5 Å². The van der Waals surface area contributed by atoms with Crippen LogP contribution < -0.4 is 5.73 Å². The number of benzene rings is 1. The Bertz CT molecular complexity index is 593. The maximum absolute atomic E-state index is 11.0. The van der Waals surface area contributed by atoms with E-state index in [-0.39, 0.29) is 18.5 Å². The molecule has 6 nitrogen and oxygen atoms in total. The second kappa shape index (κ2) is 5.40. The van der Waals surface area contributed by atoms with Gasteiger partial charge in [-0.3, -0.25) is 0 Å². The van der Waals surface area contributed by atoms with E-state index in [1.165, 1.54) is 6.20 Å². The Morgan fingerprint density at radius 1 is 1.37 bits per heavy atom. The number of hydrogen-bond donors (Lipinski definition) is 5. The summed E-state index contributed by atoms with van der Waals surface area (Å²) >= 11 is 0. The molecule has 6 N–H and O–H groups in total. The number of aromatic amines is 1. The number of nitrogens with two attached hydrogens (primary N) is 1. The molecule has 0 saturated heterocycles. The third kappa shape index (κ3) is 2.60. The Balaban J connectivity index is 2.39. The minimum absolute atomic E-state index is 0.136. The van der Waals surface area contributed by atoms with Crippen LogP contribution in [0.3, 0.4) is 0 Å². The second-order valence-corrected chi connectivity index (χ2v) is 4.40. The molecule has 0 aliphatic carbocycles. The summed E-state index contributed by atoms with van der Waals surface area (Å²) in [6.07, 6.45) is -0.364. The number of aromatic nitrogens is 1. The number of carboxylic acid groups (broad SMARTS) is 1. The molecule has 0 bridgehead atoms. The number of nitrogens with one attached hydrogen (secondary N) is 1. The molecule has 0 amide bonds. The van der Waals surface area contributed by atoms with Crippen LogP contribution in [0.4, 0.5) is 0 Å². The molecular weight excluding hydrogens is 248 g/mol. The van der Waals surface area contributed by atoms with Crippen molar-refractivity contribution in [1.82, 2.24) is 4.98 Å². The number of aliphatic hydroxyl groups excluding tert-OH is 2. The van der Waals surface area contributed by atoms with Crippen LogP contribution in [0.1, 0.15) is 28.4 Å². The molecule has 0 aliphatic rings. The molecule has 0 spiro atoms. The van der Waals surface area contributed by atoms with Gasteiger partial charge in [0.1, 0.15) is 6.10 Å². The SMILES string of the molecule is NCCC(O)C(O)c1ccc2[nH]cc(C(=O)O)c2c1. The Morgan fingerprint density at radius 3 is 2.74 bits per heavy atom. The van der Waals surface area contributed by atoms with Crippen molar-refractivity contribution in [1.29, 1.82) is 0 Å². The average molecular weight is 264 g/mol. The van der Waals surface area contributed by atoms with Gasteiger partial charge in [0.25, 0.3) is 0 Å². The van der Waals surface area contributed by atoms with E-state index in [4.69, 9.17) is 10.8 Å². The van der Waals surface area contributed by atoms with Crippen LogP contribution in [0.25, 0.3) is 10.9 Å². The normalized spacial score (nSPS) is 14.5. The summed E-state index contributed by atoms with van der Waals surface area (Å²) < 4.78 is 0. The van der Waals surface area contributed by atoms with Crippen molar-refractivity contribution in [2.45, 2.75) is 18.6 Å². The van der Waals surface area contributed by atoms with E-state index in [1.54, 1.807) is 18.2 Å². The lowest BCUT2D eigenvalue weighted by Crippen LogP contribution is -2.21. The fourth-order valence-electron chi connectivity index (χ4n) is 2.05. The molecule has 102 valence electrons. The van der Waals surface area contributed by atoms with E-state index in [2.05, 4.69) is 4.98 Å². The summed E-state index contributed by atoms with van der Waals surface area (Å²) in [4.78, 5) is 13.9. The predicted octanol–water partition coefficient (Wildman–Crippen LogP) is 0.609. The Labute approximate surface area is 109 Å². The average Bonchev–Trinajstić information content (AvgIpc) is 2.80. The minimum atomic E-state index is -1.08. The molecule has 0 saturated carbocycles. The molecule has 1 heterocycles. The first kappa shape index (κ1) is 13.5. The Hall–Kier alpha value is -1.89. The topological polar surface area (TPSA) is 120 Å². The van der Waals surface area contributed by atoms with E-state index >= 15 is 0 Å². The standard InChI is InChI=1S/C13H16N2O4/c14-4-3-11(16)12(17)7-1-2-10-8(5-7)9(6-15-10)13(18)19/h1-2,5-6,11-12,15-17H,3-4,14H2,(H,18,19). The maximum atomic E-state index is 11.0. The smallest absolute Gasteiger partial charge is 0.337 e. The van der Waals surface area contributed by atoms with Crippen LogP contribution in [0.15, 0.2) is 24.4 Å². The van der Waals surface area contributed by atoms with E-state index in [0.717, 1.165) is 0 Å². The van der Waals surface area contributed by atoms with Crippen molar-refractivity contribution < 1.29 is 20.1 Å². The van der Waals surface area contributed by atoms with Gasteiger partial charge in [-0.25, -0.2) is 4.79 Å². The predicted molar refractivity (Wildman–Crippen MR) is 69.9 cm³/mol. The number of fused-ring (bicyclic) bond motifs is 1. The van der Waals surface area contributed by atoms with Gasteiger partial charge in [-0.15, -0.1) is 0 Å². The van der Waals surface area contributed by atoms with Crippen LogP contribution in [-0.2, 0) is 0 Å². The lowest BCUT2D eigenvalue weighted by Gasteiger charge is -2.17. The van der Waals surface area contributed by atoms with Crippen molar-refractivity contribution in [3.8, 4) is 0 Å². The van der Waals surface area contributed by atoms with Crippen molar-refractivity contribution in [3.63, 3.8) is 0 Å². The first-order valence-corrected chi connectivity index (χ1v) is 5.95. The highest BCUT2D eigenvalue weighted by Gasteiger charge is 2.19. The highest BCUT2D eigenvalue weighted by atomic mass is 16.4. The van der Waals surface area contributed by atoms with Crippen molar-refractivity contribution in [2.24, 2.45) is 5.73 Å². The van der Waals surface area contributed by atoms with Gasteiger partial charge in [0.15, 0.2) is 0 Å². The molecule has 2 aromatic rings. The lowest BCUT2D eigenvalue weighted by molar-refractivity contribution is 0.0151. The number of rotatable bonds is 5. The van der Waals surface area contributed by atoms with Crippen LogP contribution in [0.5, 0.6) is 0 Å². The number of aliphatic hydroxyl groups is 2. The summed E-state index contributed by atoms with van der Waals surface area (Å²) in [7, 11) is 0. The lowest BCUT2D eigenvalue weighted by atomic mass is 10.00. The number of carbonyl (C=O) groups is 1. The molecule has 2 rings (SSSR count). The summed E-state index contributed by atoms with van der Waals surface area (Å²) in [5.74, 6) is -1.04. The first-order chi connectivity index (χ1) is 9.04. The molecule has 1 aromatic heterocycles. The molecular formula is C13H16N2O4. The van der Waals surface area contributed by atoms with Crippen LogP contribution in [0, 0.1) is 0 Å². The van der Waals surface area contributed by atoms with E-state index in [9.17, 15) is 15.0 Å². The highest BCUT2D eigenvalue weighted by molar-refractivity contribution is 6.03. The largest absolute Gasteiger partial charge is 0.478 e. The number of hydrogen-bond acceptors (Lipinski definition) is 4. The molecule has 0 fully saturated rings. The monoisotopic (exact) mass is 264 g/mol. The summed E-state index contributed by atoms with van der Waals surface area (Å²) in [6, 6.07) is 4.89. The molecule has 0 radical (unpaired) electrons. The fourth-order valence-corrected chi connectivity index (χ4v) is 2.05. The molecule has 2 unspecified atom stereocenters. The zero-order valence-corrected chi connectivity index (χ0v) is 10.2. The summed E-state index contributed by atoms with van der Waals surface area (Å²) in [5, 5.41) is 29.3. The zero-order chi connectivity index (χ0) is 14.0. The number of H-pyrrole nitrogens is 1. The van der Waals surface area contributed by atoms with Gasteiger partial charge in [0, 0.05) is 17.1 Å². The highest BCUT2D eigenvalue weighted by Crippen LogP contribution is 2.25. The quantitative estimate of drug-likeness (QED) is 0.542. The van der Waals surface area contributed by atoms with Gasteiger partial charge in [0.05, 0.1) is 11.7 Å². The van der Waals surface area contributed by atoms with Gasteiger partial charge < -0.3 is 26.0 Å². The molecule has 0 aliphatic heterocycles. The molecule has 19 heavy (non-hydrogen) atoms. The van der Waals surface area contributed by atoms with Crippen molar-refractivity contribution >= 4 is 16.9 Å². The van der Waals surface area contributed by atoms with E-state index in [1.807, 2.05) is 0 Å². The molecule has 2 atom stereocenters. The Kier molecular flexibility index (Phi) is 3.84. The van der Waals surface area contributed by atoms with Crippen LogP contribution in [-0.4, -0.2) is 38.9 Å². The summed E-state index contributed by atoms with van der Waals surface area (Å²) in [5.41, 5.74) is 6.60. The van der Waals surface area contributed by atoms with Gasteiger partial charge in [-0.2, -0.15) is 0 Å². The third-order valence-corrected chi connectivity index (χ3v) is 3.10. The maximum Gasteiger partial charge on any atom is 0.337 e. The van der Waals surface area contributed by atoms with Gasteiger partial charge in [-0.1, -0.05) is 6.07 Å². The third-order valence-electron chi connectivity index (χ3n) is 3.10. The Morgan fingerprint density at radius 2 is 2.11 bits per heavy atom. The van der Waals surface area contributed by atoms with Gasteiger partial charge in [-0.05, 0) is 30.7 Å². The second-order valence-electron chi connectivity index (χ2n) is 4.40. The zero-order valence-electron chi connectivity index (χ0n) is 10.2. The summed E-state index contributed by atoms with van der Waals surface area (Å²) in [6.45, 7) is 0.269. The molecule has 1 aromatic carbocycles. The fraction of sp³-hybridized carbons (Fsp3) is 0.308. The first-order valence-electron chi connectivity index (χ1n) is 5.95. The number of carboxylic acids is 1. The molecule has 6 heteroatoms. The number of aromatic carboxylic acids is 1. The van der Waals surface area contributed by atoms with E-state index < -0.39 is 18.2 Å². The van der Waals surface area contributed by atoms with Crippen LogP contribution in [0.2, 0.25) is 0 Å². The van der Waals surface area contributed by atoms with Gasteiger partial charge >= 0.3 is 5.97 Å². The minimum Gasteiger partial charge on any atom is -0.478 e. The van der Waals surface area contributed by atoms with Gasteiger partial charge in [0.2, 0.25) is 0 Å².